The zero-order valence-electron chi connectivity index (χ0n) is 19.0. The van der Waals surface area contributed by atoms with Crippen LogP contribution < -0.4 is 10.6 Å². The monoisotopic (exact) mass is 440 g/mol. The third-order valence-electron chi connectivity index (χ3n) is 4.82. The first-order chi connectivity index (χ1) is 14.9. The molecule has 2 aromatic rings. The summed E-state index contributed by atoms with van der Waals surface area (Å²) in [4.78, 5) is 15.7. The Morgan fingerprint density at radius 3 is 2.71 bits per heavy atom. The van der Waals surface area contributed by atoms with E-state index >= 15 is 0 Å². The quantitative estimate of drug-likeness (QED) is 0.363. The molecule has 0 fully saturated rings. The fourth-order valence-electron chi connectivity index (χ4n) is 3.06. The number of nitrogen functional groups attached to an aromatic ring is 1. The van der Waals surface area contributed by atoms with Crippen molar-refractivity contribution in [2.24, 2.45) is 12.0 Å². The van der Waals surface area contributed by atoms with Crippen molar-refractivity contribution in [2.75, 3.05) is 51.0 Å². The van der Waals surface area contributed by atoms with E-state index in [4.69, 9.17) is 15.5 Å². The van der Waals surface area contributed by atoms with Gasteiger partial charge in [-0.25, -0.2) is 9.98 Å². The number of para-hydroxylation sites is 1. The number of thioether (sulfide) groups is 1. The maximum atomic E-state index is 6.15. The van der Waals surface area contributed by atoms with E-state index in [1.165, 1.54) is 5.57 Å². The highest BCUT2D eigenvalue weighted by atomic mass is 32.2. The summed E-state index contributed by atoms with van der Waals surface area (Å²) in [7, 11) is 6.09. The number of aliphatic imine (C=N–C) groups is 1. The molecular weight excluding hydrogens is 408 g/mol. The number of fused-ring (bicyclic) bond motifs is 1. The van der Waals surface area contributed by atoms with Crippen LogP contribution >= 0.6 is 11.8 Å². The highest BCUT2D eigenvalue weighted by Crippen LogP contribution is 2.37. The molecule has 1 aromatic heterocycles. The van der Waals surface area contributed by atoms with Crippen LogP contribution in [0.5, 0.6) is 0 Å². The number of hydrogen-bond donors (Lipinski definition) is 1. The Hall–Kier alpha value is -2.55. The van der Waals surface area contributed by atoms with Crippen LogP contribution in [0.3, 0.4) is 0 Å². The van der Waals surface area contributed by atoms with Gasteiger partial charge in [0.2, 0.25) is 0 Å². The molecule has 0 unspecified atom stereocenters. The molecule has 1 aromatic carbocycles. The third-order valence-corrected chi connectivity index (χ3v) is 6.15. The zero-order chi connectivity index (χ0) is 22.4. The first-order valence-corrected chi connectivity index (χ1v) is 11.1. The van der Waals surface area contributed by atoms with Crippen molar-refractivity contribution >= 4 is 35.3 Å². The molecule has 0 aliphatic carbocycles. The van der Waals surface area contributed by atoms with Gasteiger partial charge in [0.05, 0.1) is 31.6 Å². The molecule has 0 amide bonds. The Morgan fingerprint density at radius 1 is 1.23 bits per heavy atom. The van der Waals surface area contributed by atoms with Crippen molar-refractivity contribution < 1.29 is 4.74 Å². The van der Waals surface area contributed by atoms with Gasteiger partial charge in [-0.15, -0.1) is 0 Å². The lowest BCUT2D eigenvalue weighted by molar-refractivity contribution is 0.124. The van der Waals surface area contributed by atoms with E-state index in [2.05, 4.69) is 34.7 Å². The minimum atomic E-state index is 0.631. The molecule has 2 N–H and O–H groups in total. The molecule has 166 valence electrons. The number of nitrogens with two attached hydrogens (primary N) is 1. The summed E-state index contributed by atoms with van der Waals surface area (Å²) in [6, 6.07) is 7.91. The van der Waals surface area contributed by atoms with Crippen LogP contribution in [0.2, 0.25) is 0 Å². The van der Waals surface area contributed by atoms with Gasteiger partial charge in [0, 0.05) is 35.6 Å². The van der Waals surface area contributed by atoms with Gasteiger partial charge in [-0.1, -0.05) is 29.5 Å². The van der Waals surface area contributed by atoms with E-state index in [0.717, 1.165) is 45.8 Å². The maximum Gasteiger partial charge on any atom is 0.143 e. The van der Waals surface area contributed by atoms with Crippen LogP contribution in [0.25, 0.3) is 5.70 Å². The SMILES string of the molecule is CC(C)=C(/C=C1\N=CN(CCOCCN(C)C)c2c1ncn2C)Sc1ccccc1N. The number of aryl methyl sites for hydroxylation is 1. The number of anilines is 2. The molecule has 0 saturated heterocycles. The molecule has 2 heterocycles. The van der Waals surface area contributed by atoms with Crippen LogP contribution in [0, 0.1) is 0 Å². The number of aromatic nitrogens is 2. The van der Waals surface area contributed by atoms with Crippen molar-refractivity contribution in [3.05, 3.63) is 52.8 Å². The lowest BCUT2D eigenvalue weighted by Gasteiger charge is -2.25. The van der Waals surface area contributed by atoms with Crippen molar-refractivity contribution in [1.29, 1.82) is 0 Å². The Labute approximate surface area is 189 Å². The summed E-state index contributed by atoms with van der Waals surface area (Å²) in [5.41, 5.74) is 9.85. The van der Waals surface area contributed by atoms with Gasteiger partial charge in [-0.2, -0.15) is 0 Å². The summed E-state index contributed by atoms with van der Waals surface area (Å²) >= 11 is 1.65. The lowest BCUT2D eigenvalue weighted by Crippen LogP contribution is -2.31. The molecule has 0 spiro atoms. The van der Waals surface area contributed by atoms with E-state index in [1.54, 1.807) is 11.8 Å². The van der Waals surface area contributed by atoms with Crippen LogP contribution in [0.1, 0.15) is 19.5 Å². The Bertz CT molecular complexity index is 988. The minimum Gasteiger partial charge on any atom is -0.398 e. The van der Waals surface area contributed by atoms with E-state index in [1.807, 2.05) is 62.6 Å². The molecule has 7 nitrogen and oxygen atoms in total. The van der Waals surface area contributed by atoms with E-state index in [9.17, 15) is 0 Å². The molecule has 0 saturated carbocycles. The number of nitrogens with zero attached hydrogens (tertiary/aromatic N) is 5. The highest BCUT2D eigenvalue weighted by Gasteiger charge is 2.23. The van der Waals surface area contributed by atoms with Gasteiger partial charge < -0.3 is 24.8 Å². The predicted octanol–water partition coefficient (Wildman–Crippen LogP) is 3.86. The van der Waals surface area contributed by atoms with Crippen LogP contribution in [-0.2, 0) is 11.8 Å². The number of benzene rings is 1. The summed E-state index contributed by atoms with van der Waals surface area (Å²) in [6.45, 7) is 7.18. The van der Waals surface area contributed by atoms with Crippen molar-refractivity contribution in [1.82, 2.24) is 14.5 Å². The molecule has 0 atom stereocenters. The van der Waals surface area contributed by atoms with Crippen LogP contribution in [0.15, 0.2) is 57.0 Å². The highest BCUT2D eigenvalue weighted by molar-refractivity contribution is 8.03. The Kier molecular flexibility index (Phi) is 7.95. The third kappa shape index (κ3) is 6.00. The second kappa shape index (κ2) is 10.7. The summed E-state index contributed by atoms with van der Waals surface area (Å²) in [6.07, 6.45) is 5.80. The number of ether oxygens (including phenoxy) is 1. The minimum absolute atomic E-state index is 0.631. The van der Waals surface area contributed by atoms with Crippen LogP contribution in [0.4, 0.5) is 11.5 Å². The largest absolute Gasteiger partial charge is 0.398 e. The van der Waals surface area contributed by atoms with E-state index in [-0.39, 0.29) is 0 Å². The fraction of sp³-hybridized carbons (Fsp3) is 0.391. The predicted molar refractivity (Wildman–Crippen MR) is 131 cm³/mol. The normalized spacial score (nSPS) is 14.4. The number of likely N-dealkylation sites (N-methyl/N-ethyl adjacent to an activating group) is 1. The average molecular weight is 441 g/mol. The zero-order valence-corrected chi connectivity index (χ0v) is 19.8. The van der Waals surface area contributed by atoms with Gasteiger partial charge in [0.25, 0.3) is 0 Å². The van der Waals surface area contributed by atoms with Crippen LogP contribution in [-0.4, -0.2) is 61.2 Å². The summed E-state index contributed by atoms with van der Waals surface area (Å²) < 4.78 is 7.79. The number of allylic oxidation sites excluding steroid dienone is 2. The first kappa shape index (κ1) is 23.1. The molecule has 1 aliphatic rings. The van der Waals surface area contributed by atoms with E-state index < -0.39 is 0 Å². The molecule has 8 heteroatoms. The first-order valence-electron chi connectivity index (χ1n) is 10.3. The van der Waals surface area contributed by atoms with Gasteiger partial charge in [0.1, 0.15) is 11.5 Å². The Balaban J connectivity index is 1.78. The second-order valence-corrected chi connectivity index (χ2v) is 9.00. The molecule has 0 radical (unpaired) electrons. The smallest absolute Gasteiger partial charge is 0.143 e. The Morgan fingerprint density at radius 2 is 2.00 bits per heavy atom. The standard InChI is InChI=1S/C23H32N6OS/c1-17(2)21(31-20-9-7-6-8-18(20)24)14-19-22-23(28(5)15-26-22)29(16-25-19)11-13-30-12-10-27(3)4/h6-9,14-16H,10-13,24H2,1-5H3/b19-14-. The molecule has 0 bridgehead atoms. The van der Waals surface area contributed by atoms with Gasteiger partial charge in [-0.3, -0.25) is 0 Å². The van der Waals surface area contributed by atoms with Gasteiger partial charge >= 0.3 is 0 Å². The lowest BCUT2D eigenvalue weighted by atomic mass is 10.2. The number of rotatable bonds is 9. The van der Waals surface area contributed by atoms with Gasteiger partial charge in [-0.05, 0) is 46.2 Å². The summed E-state index contributed by atoms with van der Waals surface area (Å²) in [5, 5.41) is 0. The maximum absolute atomic E-state index is 6.15. The molecule has 31 heavy (non-hydrogen) atoms. The summed E-state index contributed by atoms with van der Waals surface area (Å²) in [5.74, 6) is 1.02. The number of hydrogen-bond acceptors (Lipinski definition) is 7. The second-order valence-electron chi connectivity index (χ2n) is 7.92. The number of imidazole rings is 1. The fourth-order valence-corrected chi connectivity index (χ4v) is 4.01. The molecular formula is C23H32N6OS. The van der Waals surface area contributed by atoms with Gasteiger partial charge in [0.15, 0.2) is 0 Å². The van der Waals surface area contributed by atoms with E-state index in [0.29, 0.717) is 13.2 Å². The molecule has 3 rings (SSSR count). The van der Waals surface area contributed by atoms with Crippen molar-refractivity contribution in [2.45, 2.75) is 18.7 Å². The topological polar surface area (TPSA) is 71.9 Å². The van der Waals surface area contributed by atoms with Crippen molar-refractivity contribution in [3.63, 3.8) is 0 Å². The van der Waals surface area contributed by atoms with Crippen molar-refractivity contribution in [3.8, 4) is 0 Å². The molecule has 1 aliphatic heterocycles. The average Bonchev–Trinajstić information content (AvgIpc) is 3.12.